The first-order valence-corrected chi connectivity index (χ1v) is 12.1. The van der Waals surface area contributed by atoms with Crippen LogP contribution in [0.3, 0.4) is 0 Å². The Morgan fingerprint density at radius 2 is 1.71 bits per heavy atom. The zero-order valence-electron chi connectivity index (χ0n) is 20.0. The number of rotatable bonds is 7. The highest BCUT2D eigenvalue weighted by molar-refractivity contribution is 5.94. The zero-order chi connectivity index (χ0) is 24.1. The predicted octanol–water partition coefficient (Wildman–Crippen LogP) is 5.60. The lowest BCUT2D eigenvalue weighted by Gasteiger charge is -2.44. The number of amides is 1. The summed E-state index contributed by atoms with van der Waals surface area (Å²) in [6, 6.07) is 22.5. The van der Waals surface area contributed by atoms with Crippen LogP contribution in [-0.2, 0) is 12.0 Å². The van der Waals surface area contributed by atoms with E-state index in [0.29, 0.717) is 25.2 Å². The van der Waals surface area contributed by atoms with Crippen LogP contribution in [0.25, 0.3) is 0 Å². The number of phenols is 1. The van der Waals surface area contributed by atoms with Gasteiger partial charge in [-0.25, -0.2) is 4.39 Å². The number of phenolic OH excluding ortho intramolecular Hbond substituents is 1. The summed E-state index contributed by atoms with van der Waals surface area (Å²) in [6.07, 6.45) is 1.79. The van der Waals surface area contributed by atoms with Crippen LogP contribution in [0.2, 0.25) is 0 Å². The van der Waals surface area contributed by atoms with Crippen LogP contribution in [-0.4, -0.2) is 47.0 Å². The van der Waals surface area contributed by atoms with Crippen molar-refractivity contribution in [1.82, 2.24) is 9.80 Å². The third-order valence-corrected chi connectivity index (χ3v) is 6.99. The van der Waals surface area contributed by atoms with Gasteiger partial charge in [0.2, 0.25) is 0 Å². The normalized spacial score (nSPS) is 18.6. The molecule has 1 unspecified atom stereocenters. The molecule has 1 saturated heterocycles. The maximum Gasteiger partial charge on any atom is 0.253 e. The van der Waals surface area contributed by atoms with Crippen molar-refractivity contribution in [2.24, 2.45) is 0 Å². The molecule has 1 fully saturated rings. The second kappa shape index (κ2) is 10.4. The highest BCUT2D eigenvalue weighted by Crippen LogP contribution is 2.42. The number of carbonyl (C=O) groups is 1. The van der Waals surface area contributed by atoms with Crippen molar-refractivity contribution in [2.75, 3.05) is 26.2 Å². The monoisotopic (exact) mass is 460 g/mol. The first-order chi connectivity index (χ1) is 16.4. The van der Waals surface area contributed by atoms with Crippen LogP contribution >= 0.6 is 0 Å². The minimum absolute atomic E-state index is 0.0170. The summed E-state index contributed by atoms with van der Waals surface area (Å²) in [5.74, 6) is -0.492. The van der Waals surface area contributed by atoms with Crippen molar-refractivity contribution in [3.8, 4) is 5.75 Å². The lowest BCUT2D eigenvalue weighted by Crippen LogP contribution is -2.46. The number of aromatic hydroxyl groups is 1. The molecule has 5 heteroatoms. The van der Waals surface area contributed by atoms with E-state index in [1.165, 1.54) is 5.56 Å². The number of hydrogen-bond acceptors (Lipinski definition) is 3. The molecule has 3 aromatic rings. The Morgan fingerprint density at radius 1 is 1.00 bits per heavy atom. The van der Waals surface area contributed by atoms with Gasteiger partial charge in [0.1, 0.15) is 11.6 Å². The van der Waals surface area contributed by atoms with E-state index < -0.39 is 11.2 Å². The average Bonchev–Trinajstić information content (AvgIpc) is 2.85. The van der Waals surface area contributed by atoms with E-state index in [2.05, 4.69) is 17.0 Å². The minimum atomic E-state index is -0.483. The number of piperidine rings is 1. The molecule has 34 heavy (non-hydrogen) atoms. The zero-order valence-corrected chi connectivity index (χ0v) is 20.0. The van der Waals surface area contributed by atoms with Crippen molar-refractivity contribution < 1.29 is 14.3 Å². The molecular weight excluding hydrogens is 427 g/mol. The third-order valence-electron chi connectivity index (χ3n) is 6.99. The van der Waals surface area contributed by atoms with E-state index in [9.17, 15) is 14.3 Å². The van der Waals surface area contributed by atoms with Gasteiger partial charge in [-0.3, -0.25) is 9.69 Å². The number of benzene rings is 3. The molecule has 1 aliphatic rings. The summed E-state index contributed by atoms with van der Waals surface area (Å²) in [7, 11) is 0. The van der Waals surface area contributed by atoms with Crippen molar-refractivity contribution >= 4 is 5.91 Å². The number of hydrogen-bond donors (Lipinski definition) is 1. The Morgan fingerprint density at radius 3 is 2.35 bits per heavy atom. The van der Waals surface area contributed by atoms with Gasteiger partial charge in [-0.1, -0.05) is 42.5 Å². The molecule has 178 valence electrons. The van der Waals surface area contributed by atoms with Crippen molar-refractivity contribution in [2.45, 2.75) is 38.6 Å². The molecule has 3 aromatic carbocycles. The fourth-order valence-electron chi connectivity index (χ4n) is 5.23. The molecule has 1 amide bonds. The molecule has 4 nitrogen and oxygen atoms in total. The van der Waals surface area contributed by atoms with Crippen LogP contribution in [0, 0.1) is 5.82 Å². The predicted molar refractivity (Wildman–Crippen MR) is 133 cm³/mol. The first-order valence-electron chi connectivity index (χ1n) is 12.1. The van der Waals surface area contributed by atoms with E-state index in [0.717, 1.165) is 43.1 Å². The summed E-state index contributed by atoms with van der Waals surface area (Å²) in [6.45, 7) is 7.75. The lowest BCUT2D eigenvalue weighted by molar-refractivity contribution is 0.0773. The van der Waals surface area contributed by atoms with E-state index >= 15 is 0 Å². The molecule has 0 radical (unpaired) electrons. The molecule has 0 spiro atoms. The molecule has 0 aromatic heterocycles. The Labute approximate surface area is 201 Å². The van der Waals surface area contributed by atoms with Crippen LogP contribution < -0.4 is 0 Å². The minimum Gasteiger partial charge on any atom is -0.508 e. The molecule has 4 rings (SSSR count). The Hall–Kier alpha value is -3.18. The SMILES string of the molecule is CCN(CC)C(=O)c1ccc(C2(c3cc(O)cc(F)c3)CCCN(Cc3ccccc3)C2)cc1. The smallest absolute Gasteiger partial charge is 0.253 e. The van der Waals surface area contributed by atoms with Crippen LogP contribution in [0.1, 0.15) is 53.7 Å². The third kappa shape index (κ3) is 5.00. The fourth-order valence-corrected chi connectivity index (χ4v) is 5.23. The van der Waals surface area contributed by atoms with E-state index in [1.54, 1.807) is 17.0 Å². The maximum absolute atomic E-state index is 14.4. The van der Waals surface area contributed by atoms with Gasteiger partial charge in [-0.15, -0.1) is 0 Å². The largest absolute Gasteiger partial charge is 0.508 e. The number of carbonyl (C=O) groups excluding carboxylic acids is 1. The number of halogens is 1. The van der Waals surface area contributed by atoms with Crippen molar-refractivity contribution in [3.05, 3.63) is 101 Å². The van der Waals surface area contributed by atoms with Gasteiger partial charge in [0.05, 0.1) is 0 Å². The van der Waals surface area contributed by atoms with Gasteiger partial charge >= 0.3 is 0 Å². The van der Waals surface area contributed by atoms with E-state index in [-0.39, 0.29) is 11.7 Å². The van der Waals surface area contributed by atoms with Crippen LogP contribution in [0.15, 0.2) is 72.8 Å². The number of nitrogens with zero attached hydrogens (tertiary/aromatic N) is 2. The topological polar surface area (TPSA) is 43.8 Å². The molecule has 1 N–H and O–H groups in total. The summed E-state index contributed by atoms with van der Waals surface area (Å²) < 4.78 is 14.4. The van der Waals surface area contributed by atoms with Crippen LogP contribution in [0.4, 0.5) is 4.39 Å². The molecule has 1 atom stereocenters. The molecule has 1 aliphatic heterocycles. The molecule has 1 heterocycles. The van der Waals surface area contributed by atoms with Gasteiger partial charge in [-0.2, -0.15) is 0 Å². The summed E-state index contributed by atoms with van der Waals surface area (Å²) >= 11 is 0. The van der Waals surface area contributed by atoms with Crippen molar-refractivity contribution in [1.29, 1.82) is 0 Å². The lowest BCUT2D eigenvalue weighted by atomic mass is 9.69. The maximum atomic E-state index is 14.4. The second-order valence-electron chi connectivity index (χ2n) is 9.13. The summed E-state index contributed by atoms with van der Waals surface area (Å²) in [5.41, 5.74) is 3.21. The first kappa shape index (κ1) is 24.0. The number of likely N-dealkylation sites (tertiary alicyclic amines) is 1. The highest BCUT2D eigenvalue weighted by Gasteiger charge is 2.39. The second-order valence-corrected chi connectivity index (χ2v) is 9.13. The van der Waals surface area contributed by atoms with Crippen molar-refractivity contribution in [3.63, 3.8) is 0 Å². The standard InChI is InChI=1S/C29H33FN2O2/c1-3-32(4-2)28(34)23-11-13-24(14-12-23)29(25-17-26(30)19-27(33)18-25)15-8-16-31(21-29)20-22-9-6-5-7-10-22/h5-7,9-14,17-19,33H,3-4,8,15-16,20-21H2,1-2H3. The Bertz CT molecular complexity index is 1090. The Kier molecular flexibility index (Phi) is 7.32. The Balaban J connectivity index is 1.72. The van der Waals surface area contributed by atoms with E-state index in [1.807, 2.05) is 56.3 Å². The molecular formula is C29H33FN2O2. The average molecular weight is 461 g/mol. The molecule has 0 bridgehead atoms. The quantitative estimate of drug-likeness (QED) is 0.499. The highest BCUT2D eigenvalue weighted by atomic mass is 19.1. The van der Waals surface area contributed by atoms with Crippen LogP contribution in [0.5, 0.6) is 5.75 Å². The van der Waals surface area contributed by atoms with Gasteiger partial charge < -0.3 is 10.0 Å². The fraction of sp³-hybridized carbons (Fsp3) is 0.345. The van der Waals surface area contributed by atoms with Gasteiger partial charge in [-0.05, 0) is 74.2 Å². The van der Waals surface area contributed by atoms with Gasteiger partial charge in [0.25, 0.3) is 5.91 Å². The summed E-state index contributed by atoms with van der Waals surface area (Å²) in [4.78, 5) is 17.0. The van der Waals surface area contributed by atoms with Gasteiger partial charge in [0.15, 0.2) is 0 Å². The van der Waals surface area contributed by atoms with E-state index in [4.69, 9.17) is 0 Å². The molecule has 0 aliphatic carbocycles. The van der Waals surface area contributed by atoms with Gasteiger partial charge in [0, 0.05) is 43.2 Å². The molecule has 0 saturated carbocycles. The summed E-state index contributed by atoms with van der Waals surface area (Å²) in [5, 5.41) is 10.2.